The number of anilines is 2. The fourth-order valence-corrected chi connectivity index (χ4v) is 6.57. The molecule has 3 aliphatic heterocycles. The Balaban J connectivity index is 1.05. The summed E-state index contributed by atoms with van der Waals surface area (Å²) in [5.41, 5.74) is 7.32. The molecule has 2 fully saturated rings. The lowest BCUT2D eigenvalue weighted by molar-refractivity contribution is 0.122. The first-order chi connectivity index (χ1) is 20.6. The monoisotopic (exact) mass is 562 g/mol. The molecule has 7 heteroatoms. The molecule has 1 atom stereocenters. The molecular formula is C35H38N4O3. The molecule has 0 bridgehead atoms. The summed E-state index contributed by atoms with van der Waals surface area (Å²) in [5, 5.41) is 3.80. The second kappa shape index (κ2) is 11.7. The predicted octanol–water partition coefficient (Wildman–Crippen LogP) is 6.21. The van der Waals surface area contributed by atoms with Crippen molar-refractivity contribution in [2.24, 2.45) is 0 Å². The number of hydrogen-bond acceptors (Lipinski definition) is 6. The maximum absolute atomic E-state index is 12.6. The Labute approximate surface area is 247 Å². The van der Waals surface area contributed by atoms with Crippen molar-refractivity contribution in [2.75, 3.05) is 49.6 Å². The molecular weight excluding hydrogens is 524 g/mol. The molecule has 0 saturated carbocycles. The van der Waals surface area contributed by atoms with Gasteiger partial charge in [-0.3, -0.25) is 9.69 Å². The van der Waals surface area contributed by atoms with Crippen LogP contribution in [0.5, 0.6) is 11.5 Å². The van der Waals surface area contributed by atoms with Crippen LogP contribution in [0.15, 0.2) is 83.7 Å². The highest BCUT2D eigenvalue weighted by atomic mass is 16.5. The third-order valence-corrected chi connectivity index (χ3v) is 8.98. The number of H-pyrrole nitrogens is 1. The number of rotatable bonds is 6. The van der Waals surface area contributed by atoms with E-state index in [0.717, 1.165) is 85.1 Å². The van der Waals surface area contributed by atoms with Crippen molar-refractivity contribution in [3.63, 3.8) is 0 Å². The molecule has 0 spiro atoms. The highest BCUT2D eigenvalue weighted by Crippen LogP contribution is 2.43. The first kappa shape index (κ1) is 26.8. The van der Waals surface area contributed by atoms with Gasteiger partial charge in [-0.15, -0.1) is 0 Å². The van der Waals surface area contributed by atoms with Crippen LogP contribution in [0.1, 0.15) is 42.5 Å². The van der Waals surface area contributed by atoms with Crippen molar-refractivity contribution < 1.29 is 9.47 Å². The van der Waals surface area contributed by atoms with Gasteiger partial charge in [-0.2, -0.15) is 0 Å². The molecule has 3 aromatic carbocycles. The molecule has 216 valence electrons. The average Bonchev–Trinajstić information content (AvgIpc) is 3.04. The van der Waals surface area contributed by atoms with Gasteiger partial charge in [0, 0.05) is 73.3 Å². The summed E-state index contributed by atoms with van der Waals surface area (Å²) >= 11 is 0. The zero-order valence-corrected chi connectivity index (χ0v) is 24.1. The minimum absolute atomic E-state index is 0.112. The first-order valence-corrected chi connectivity index (χ1v) is 15.2. The second-order valence-corrected chi connectivity index (χ2v) is 11.7. The number of para-hydroxylation sites is 1. The number of fused-ring (bicyclic) bond motifs is 2. The Kier molecular flexibility index (Phi) is 7.44. The lowest BCUT2D eigenvalue weighted by Crippen LogP contribution is -2.40. The lowest BCUT2D eigenvalue weighted by Gasteiger charge is -2.37. The van der Waals surface area contributed by atoms with E-state index in [9.17, 15) is 4.79 Å². The van der Waals surface area contributed by atoms with Crippen molar-refractivity contribution >= 4 is 11.4 Å². The van der Waals surface area contributed by atoms with Crippen molar-refractivity contribution in [1.82, 2.24) is 9.88 Å². The minimum atomic E-state index is -0.112. The van der Waals surface area contributed by atoms with Crippen LogP contribution in [0.2, 0.25) is 0 Å². The smallest absolute Gasteiger partial charge is 0.250 e. The van der Waals surface area contributed by atoms with Crippen LogP contribution < -0.4 is 20.5 Å². The van der Waals surface area contributed by atoms with E-state index in [1.165, 1.54) is 11.1 Å². The summed E-state index contributed by atoms with van der Waals surface area (Å²) < 4.78 is 12.0. The summed E-state index contributed by atoms with van der Waals surface area (Å²) in [6, 6.07) is 28.1. The van der Waals surface area contributed by atoms with Gasteiger partial charge in [0.25, 0.3) is 0 Å². The Morgan fingerprint density at radius 2 is 1.69 bits per heavy atom. The number of aromatic amines is 1. The van der Waals surface area contributed by atoms with Gasteiger partial charge >= 0.3 is 0 Å². The summed E-state index contributed by atoms with van der Waals surface area (Å²) in [6.07, 6.45) is 3.03. The zero-order chi connectivity index (χ0) is 28.5. The van der Waals surface area contributed by atoms with Crippen LogP contribution in [0.3, 0.4) is 0 Å². The number of nitrogens with zero attached hydrogens (tertiary/aromatic N) is 2. The first-order valence-electron chi connectivity index (χ1n) is 15.2. The van der Waals surface area contributed by atoms with E-state index in [0.29, 0.717) is 25.3 Å². The second-order valence-electron chi connectivity index (χ2n) is 11.7. The topological polar surface area (TPSA) is 69.8 Å². The van der Waals surface area contributed by atoms with Crippen LogP contribution in [-0.2, 0) is 11.2 Å². The fraction of sp³-hybridized carbons (Fsp3) is 0.343. The minimum Gasteiger partial charge on any atom is -0.456 e. The van der Waals surface area contributed by atoms with Crippen molar-refractivity contribution in [1.29, 1.82) is 0 Å². The number of benzene rings is 3. The molecule has 42 heavy (non-hydrogen) atoms. The lowest BCUT2D eigenvalue weighted by atomic mass is 9.95. The molecule has 2 N–H and O–H groups in total. The Morgan fingerprint density at radius 3 is 2.50 bits per heavy atom. The van der Waals surface area contributed by atoms with Gasteiger partial charge in [0.2, 0.25) is 5.56 Å². The van der Waals surface area contributed by atoms with E-state index >= 15 is 0 Å². The summed E-state index contributed by atoms with van der Waals surface area (Å²) in [7, 11) is 0. The Bertz CT molecular complexity index is 1600. The molecule has 4 heterocycles. The van der Waals surface area contributed by atoms with Gasteiger partial charge in [-0.25, -0.2) is 0 Å². The van der Waals surface area contributed by atoms with E-state index < -0.39 is 0 Å². The van der Waals surface area contributed by atoms with Crippen molar-refractivity contribution in [2.45, 2.75) is 38.3 Å². The van der Waals surface area contributed by atoms with Gasteiger partial charge in [-0.1, -0.05) is 42.5 Å². The van der Waals surface area contributed by atoms with E-state index in [1.54, 1.807) is 6.07 Å². The number of piperidine rings is 1. The number of morpholine rings is 1. The maximum atomic E-state index is 12.6. The zero-order valence-electron chi connectivity index (χ0n) is 24.1. The molecule has 4 aromatic rings. The summed E-state index contributed by atoms with van der Waals surface area (Å²) in [6.45, 7) is 7.40. The van der Waals surface area contributed by atoms with Crippen LogP contribution in [0.4, 0.5) is 11.4 Å². The molecule has 0 aliphatic carbocycles. The van der Waals surface area contributed by atoms with Crippen molar-refractivity contribution in [3.05, 3.63) is 106 Å². The van der Waals surface area contributed by atoms with Crippen molar-refractivity contribution in [3.8, 4) is 22.8 Å². The van der Waals surface area contributed by atoms with E-state index in [2.05, 4.69) is 93.8 Å². The normalized spacial score (nSPS) is 18.1. The predicted molar refractivity (Wildman–Crippen MR) is 168 cm³/mol. The van der Waals surface area contributed by atoms with Gasteiger partial charge in [0.15, 0.2) is 0 Å². The maximum Gasteiger partial charge on any atom is 0.250 e. The molecule has 2 saturated heterocycles. The molecule has 0 radical (unpaired) electrons. The third kappa shape index (κ3) is 5.54. The molecule has 7 rings (SSSR count). The van der Waals surface area contributed by atoms with Crippen LogP contribution in [0.25, 0.3) is 11.3 Å². The number of nitrogens with one attached hydrogen (secondary N) is 2. The summed E-state index contributed by atoms with van der Waals surface area (Å²) in [5.74, 6) is 1.69. The number of hydrogen-bond donors (Lipinski definition) is 2. The summed E-state index contributed by atoms with van der Waals surface area (Å²) in [4.78, 5) is 20.5. The van der Waals surface area contributed by atoms with Gasteiger partial charge < -0.3 is 24.7 Å². The average molecular weight is 563 g/mol. The van der Waals surface area contributed by atoms with E-state index in [4.69, 9.17) is 9.47 Å². The van der Waals surface area contributed by atoms with Gasteiger partial charge in [0.05, 0.1) is 18.9 Å². The molecule has 3 aliphatic rings. The third-order valence-electron chi connectivity index (χ3n) is 8.98. The highest BCUT2D eigenvalue weighted by molar-refractivity contribution is 5.74. The van der Waals surface area contributed by atoms with Crippen LogP contribution in [-0.4, -0.2) is 55.3 Å². The van der Waals surface area contributed by atoms with Crippen LogP contribution in [0, 0.1) is 0 Å². The Hall–Kier alpha value is -4.07. The largest absolute Gasteiger partial charge is 0.456 e. The van der Waals surface area contributed by atoms with Gasteiger partial charge in [0.1, 0.15) is 11.5 Å². The standard InChI is InChI=1S/C35H38N4O3/c1-24(25-6-3-2-4-7-25)38-14-12-28(13-15-38)36-29-10-11-33-27(21-29)20-26-8-5-9-31(35(26)42-33)32-22-30(23-34(40)37-32)39-16-18-41-19-17-39/h2-11,21-24,28,36H,12-20H2,1H3,(H,37,40). The molecule has 1 aromatic heterocycles. The number of ether oxygens (including phenoxy) is 2. The Morgan fingerprint density at radius 1 is 0.881 bits per heavy atom. The van der Waals surface area contributed by atoms with E-state index in [-0.39, 0.29) is 5.56 Å². The number of likely N-dealkylation sites (tertiary alicyclic amines) is 1. The number of pyridine rings is 1. The highest BCUT2D eigenvalue weighted by Gasteiger charge is 2.25. The SMILES string of the molecule is CC(c1ccccc1)N1CCC(Nc2ccc3c(c2)Cc2cccc(-c4cc(N5CCOCC5)cc(=O)[nH]4)c2O3)CC1. The fourth-order valence-electron chi connectivity index (χ4n) is 6.57. The van der Waals surface area contributed by atoms with Gasteiger partial charge in [-0.05, 0) is 61.2 Å². The molecule has 1 unspecified atom stereocenters. The molecule has 7 nitrogen and oxygen atoms in total. The van der Waals surface area contributed by atoms with E-state index in [1.807, 2.05) is 6.07 Å². The number of aromatic nitrogens is 1. The quantitative estimate of drug-likeness (QED) is 0.256. The molecule has 0 amide bonds. The van der Waals surface area contributed by atoms with Crippen LogP contribution >= 0.6 is 0 Å².